The first-order valence-electron chi connectivity index (χ1n) is 12.3. The van der Waals surface area contributed by atoms with Gasteiger partial charge in [-0.2, -0.15) is 0 Å². The summed E-state index contributed by atoms with van der Waals surface area (Å²) in [5.41, 5.74) is 6.67. The maximum atomic E-state index is 12.9. The molecule has 31 heavy (non-hydrogen) atoms. The van der Waals surface area contributed by atoms with Gasteiger partial charge in [0, 0.05) is 0 Å². The third kappa shape index (κ3) is 2.76. The molecule has 1 nitrogen and oxygen atoms in total. The van der Waals surface area contributed by atoms with Gasteiger partial charge in [0.15, 0.2) is 5.78 Å². The zero-order valence-corrected chi connectivity index (χ0v) is 22.1. The summed E-state index contributed by atoms with van der Waals surface area (Å²) in [6.07, 6.45) is 11.3. The van der Waals surface area contributed by atoms with Crippen molar-refractivity contribution >= 4 is 27.8 Å². The molecule has 0 saturated heterocycles. The predicted molar refractivity (Wildman–Crippen MR) is 134 cm³/mol. The van der Waals surface area contributed by atoms with Crippen LogP contribution in [0.15, 0.2) is 16.6 Å². The molecule has 168 valence electrons. The summed E-state index contributed by atoms with van der Waals surface area (Å²) in [6.45, 7) is 17.0. The zero-order chi connectivity index (χ0) is 22.6. The van der Waals surface area contributed by atoms with Gasteiger partial charge in [-0.3, -0.25) is 4.79 Å². The van der Waals surface area contributed by atoms with Gasteiger partial charge in [-0.05, 0) is 131 Å². The van der Waals surface area contributed by atoms with Crippen molar-refractivity contribution in [3.63, 3.8) is 0 Å². The van der Waals surface area contributed by atoms with Crippen LogP contribution in [0.1, 0.15) is 109 Å². The van der Waals surface area contributed by atoms with Gasteiger partial charge in [-0.25, -0.2) is 0 Å². The van der Waals surface area contributed by atoms with Crippen LogP contribution in [0.2, 0.25) is 0 Å². The fraction of sp³-hybridized carbons (Fsp3) is 0.690. The van der Waals surface area contributed by atoms with Crippen LogP contribution in [-0.2, 0) is 22.0 Å². The van der Waals surface area contributed by atoms with Crippen LogP contribution in [0.3, 0.4) is 0 Å². The van der Waals surface area contributed by atoms with E-state index in [1.54, 1.807) is 5.56 Å². The van der Waals surface area contributed by atoms with E-state index < -0.39 is 5.41 Å². The highest BCUT2D eigenvalue weighted by Crippen LogP contribution is 2.70. The molecule has 0 amide bonds. The summed E-state index contributed by atoms with van der Waals surface area (Å²) in [7, 11) is 0. The highest BCUT2D eigenvalue weighted by Gasteiger charge is 2.62. The van der Waals surface area contributed by atoms with Gasteiger partial charge in [0.2, 0.25) is 0 Å². The Labute approximate surface area is 197 Å². The minimum absolute atomic E-state index is 0.199. The van der Waals surface area contributed by atoms with Crippen LogP contribution in [-0.4, -0.2) is 5.78 Å². The van der Waals surface area contributed by atoms with Crippen molar-refractivity contribution < 1.29 is 4.79 Å². The van der Waals surface area contributed by atoms with Crippen molar-refractivity contribution in [1.29, 1.82) is 0 Å². The fourth-order valence-corrected chi connectivity index (χ4v) is 8.97. The Hall–Kier alpha value is -0.890. The number of Topliss-reactive ketones (excluding diaryl/α,β-unsaturated/α-hetero) is 1. The molecule has 0 heterocycles. The maximum Gasteiger partial charge on any atom is 0.179 e. The molecule has 0 spiro atoms. The molecule has 2 heteroatoms. The summed E-state index contributed by atoms with van der Waals surface area (Å²) in [4.78, 5) is 12.9. The summed E-state index contributed by atoms with van der Waals surface area (Å²) >= 11 is 3.60. The highest BCUT2D eigenvalue weighted by molar-refractivity contribution is 9.12. The Morgan fingerprint density at radius 2 is 1.52 bits per heavy atom. The topological polar surface area (TPSA) is 17.1 Å². The van der Waals surface area contributed by atoms with Crippen LogP contribution < -0.4 is 0 Å². The lowest BCUT2D eigenvalue weighted by molar-refractivity contribution is -0.128. The number of hydrogen-bond donors (Lipinski definition) is 0. The van der Waals surface area contributed by atoms with E-state index in [1.807, 2.05) is 0 Å². The molecule has 0 radical (unpaired) electrons. The van der Waals surface area contributed by atoms with Gasteiger partial charge in [0.1, 0.15) is 0 Å². The summed E-state index contributed by atoms with van der Waals surface area (Å²) in [6, 6.07) is 4.71. The normalized spacial score (nSPS) is 40.2. The number of fused-ring (bicyclic) bond motifs is 7. The number of hydrogen-bond acceptors (Lipinski definition) is 1. The first kappa shape index (κ1) is 21.9. The largest absolute Gasteiger partial charge is 0.293 e. The minimum atomic E-state index is -0.460. The molecule has 1 aromatic rings. The number of halogens is 1. The maximum absolute atomic E-state index is 12.9. The number of benzene rings is 1. The highest BCUT2D eigenvalue weighted by atomic mass is 79.9. The second kappa shape index (κ2) is 6.37. The number of allylic oxidation sites excluding steroid dienone is 1. The number of carbonyl (C=O) groups is 1. The SMILES string of the molecule is CC1(C)CC[C@]2(C)CC[C@]3(C)c4ccc5c(c4CC[C@@]3(C)[C@@H]2C1)C=C(Br)C(=O)C5(C)C. The van der Waals surface area contributed by atoms with Gasteiger partial charge in [0.05, 0.1) is 9.90 Å². The molecule has 0 bridgehead atoms. The van der Waals surface area contributed by atoms with E-state index >= 15 is 0 Å². The molecular weight excluding hydrogens is 444 g/mol. The molecule has 4 aliphatic rings. The van der Waals surface area contributed by atoms with Crippen molar-refractivity contribution in [3.8, 4) is 0 Å². The van der Waals surface area contributed by atoms with Gasteiger partial charge >= 0.3 is 0 Å². The molecule has 0 aromatic heterocycles. The molecule has 2 fully saturated rings. The summed E-state index contributed by atoms with van der Waals surface area (Å²) < 4.78 is 0.738. The lowest BCUT2D eigenvalue weighted by atomic mass is 9.37. The van der Waals surface area contributed by atoms with E-state index in [9.17, 15) is 4.79 Å². The Bertz CT molecular complexity index is 1010. The van der Waals surface area contributed by atoms with Crippen LogP contribution in [0, 0.1) is 22.2 Å². The van der Waals surface area contributed by atoms with Gasteiger partial charge in [-0.1, -0.05) is 46.8 Å². The van der Waals surface area contributed by atoms with Crippen molar-refractivity contribution in [2.45, 2.75) is 104 Å². The monoisotopic (exact) mass is 482 g/mol. The minimum Gasteiger partial charge on any atom is -0.293 e. The van der Waals surface area contributed by atoms with Gasteiger partial charge in [0.25, 0.3) is 0 Å². The van der Waals surface area contributed by atoms with Crippen molar-refractivity contribution in [1.82, 2.24) is 0 Å². The lowest BCUT2D eigenvalue weighted by Crippen LogP contribution is -2.60. The number of carbonyl (C=O) groups excluding carboxylic acids is 1. The Morgan fingerprint density at radius 3 is 2.23 bits per heavy atom. The van der Waals surface area contributed by atoms with E-state index in [4.69, 9.17) is 0 Å². The van der Waals surface area contributed by atoms with Crippen LogP contribution in [0.5, 0.6) is 0 Å². The van der Waals surface area contributed by atoms with E-state index in [2.05, 4.69) is 82.6 Å². The Kier molecular flexibility index (Phi) is 4.50. The number of rotatable bonds is 0. The first-order valence-corrected chi connectivity index (χ1v) is 13.1. The standard InChI is InChI=1S/C29H39BrO/c1-25(2)12-13-27(5)14-15-28(6)21-9-8-20-19(16-22(30)24(31)26(20,3)4)18(21)10-11-29(28,7)23(27)17-25/h8-9,16,23H,10-15,17H2,1-7H3/t23-,27-,28-,29+/m1/s1. The summed E-state index contributed by atoms with van der Waals surface area (Å²) in [5, 5.41) is 0. The van der Waals surface area contributed by atoms with E-state index in [1.165, 1.54) is 55.2 Å². The van der Waals surface area contributed by atoms with Gasteiger partial charge < -0.3 is 0 Å². The fourth-order valence-electron chi connectivity index (χ4n) is 8.25. The van der Waals surface area contributed by atoms with Crippen LogP contribution in [0.4, 0.5) is 0 Å². The molecule has 0 unspecified atom stereocenters. The summed E-state index contributed by atoms with van der Waals surface area (Å²) in [5.74, 6) is 0.983. The Morgan fingerprint density at radius 1 is 0.871 bits per heavy atom. The molecule has 0 aliphatic heterocycles. The molecule has 0 N–H and O–H groups in total. The third-order valence-corrected chi connectivity index (χ3v) is 11.4. The molecule has 4 atom stereocenters. The van der Waals surface area contributed by atoms with E-state index in [0.717, 1.165) is 16.8 Å². The zero-order valence-electron chi connectivity index (χ0n) is 20.5. The average molecular weight is 484 g/mol. The third-order valence-electron chi connectivity index (χ3n) is 10.8. The van der Waals surface area contributed by atoms with Crippen molar-refractivity contribution in [2.24, 2.45) is 22.2 Å². The molecule has 5 rings (SSSR count). The molecule has 4 aliphatic carbocycles. The molecule has 2 saturated carbocycles. The van der Waals surface area contributed by atoms with Gasteiger partial charge in [-0.15, -0.1) is 0 Å². The second-order valence-corrected chi connectivity index (χ2v) is 14.2. The van der Waals surface area contributed by atoms with E-state index in [-0.39, 0.29) is 11.2 Å². The molecule has 1 aromatic carbocycles. The van der Waals surface area contributed by atoms with E-state index in [0.29, 0.717) is 16.2 Å². The molecular formula is C29H39BrO. The van der Waals surface area contributed by atoms with Crippen molar-refractivity contribution in [3.05, 3.63) is 38.9 Å². The quantitative estimate of drug-likeness (QED) is 0.364. The lowest BCUT2D eigenvalue weighted by Gasteiger charge is -2.67. The first-order chi connectivity index (χ1) is 14.3. The van der Waals surface area contributed by atoms with Crippen LogP contribution >= 0.6 is 15.9 Å². The smallest absolute Gasteiger partial charge is 0.179 e. The second-order valence-electron chi connectivity index (χ2n) is 13.3. The predicted octanol–water partition coefficient (Wildman–Crippen LogP) is 8.12. The number of ketones is 1. The average Bonchev–Trinajstić information content (AvgIpc) is 2.69. The van der Waals surface area contributed by atoms with Crippen LogP contribution in [0.25, 0.3) is 6.08 Å². The Balaban J connectivity index is 1.67. The van der Waals surface area contributed by atoms with Crippen molar-refractivity contribution in [2.75, 3.05) is 0 Å².